The van der Waals surface area contributed by atoms with Gasteiger partial charge < -0.3 is 5.11 Å². The van der Waals surface area contributed by atoms with E-state index < -0.39 is 17.2 Å². The standard InChI is InChI=1S/C17H24F2O/c1-11-8-9-12(18)14(15(11)19)17(20)10-6-5-7-13(17)16(2,3)4/h8-9,13,20H,5-7,10H2,1-4H3. The molecule has 1 fully saturated rings. The highest BCUT2D eigenvalue weighted by molar-refractivity contribution is 5.33. The van der Waals surface area contributed by atoms with E-state index in [0.29, 0.717) is 12.0 Å². The normalized spacial score (nSPS) is 27.6. The molecule has 1 aliphatic carbocycles. The van der Waals surface area contributed by atoms with E-state index in [1.54, 1.807) is 6.92 Å². The summed E-state index contributed by atoms with van der Waals surface area (Å²) in [5, 5.41) is 11.1. The lowest BCUT2D eigenvalue weighted by Crippen LogP contribution is -2.45. The second-order valence-electron chi connectivity index (χ2n) is 7.14. The van der Waals surface area contributed by atoms with Crippen LogP contribution in [0.25, 0.3) is 0 Å². The Hall–Kier alpha value is -0.960. The van der Waals surface area contributed by atoms with Crippen molar-refractivity contribution >= 4 is 0 Å². The molecule has 0 saturated heterocycles. The van der Waals surface area contributed by atoms with Gasteiger partial charge in [-0.15, -0.1) is 0 Å². The lowest BCUT2D eigenvalue weighted by molar-refractivity contribution is -0.100. The van der Waals surface area contributed by atoms with Crippen LogP contribution in [0.1, 0.15) is 57.6 Å². The molecule has 1 aromatic rings. The highest BCUT2D eigenvalue weighted by Gasteiger charge is 2.48. The molecule has 0 bridgehead atoms. The van der Waals surface area contributed by atoms with E-state index in [1.165, 1.54) is 12.1 Å². The van der Waals surface area contributed by atoms with Crippen molar-refractivity contribution in [3.63, 3.8) is 0 Å². The molecule has 112 valence electrons. The Morgan fingerprint density at radius 2 is 1.85 bits per heavy atom. The number of aryl methyl sites for hydroxylation is 1. The highest BCUT2D eigenvalue weighted by atomic mass is 19.1. The van der Waals surface area contributed by atoms with Gasteiger partial charge in [0.25, 0.3) is 0 Å². The maximum absolute atomic E-state index is 14.5. The molecule has 0 spiro atoms. The van der Waals surface area contributed by atoms with E-state index in [4.69, 9.17) is 0 Å². The molecule has 2 unspecified atom stereocenters. The van der Waals surface area contributed by atoms with Gasteiger partial charge in [-0.3, -0.25) is 0 Å². The van der Waals surface area contributed by atoms with Crippen molar-refractivity contribution in [3.8, 4) is 0 Å². The van der Waals surface area contributed by atoms with Crippen molar-refractivity contribution in [2.24, 2.45) is 11.3 Å². The van der Waals surface area contributed by atoms with Gasteiger partial charge in [0.05, 0.1) is 11.2 Å². The van der Waals surface area contributed by atoms with Crippen LogP contribution >= 0.6 is 0 Å². The Kier molecular flexibility index (Phi) is 3.94. The lowest BCUT2D eigenvalue weighted by atomic mass is 9.61. The minimum absolute atomic E-state index is 0.128. The third-order valence-corrected chi connectivity index (χ3v) is 4.64. The third-order valence-electron chi connectivity index (χ3n) is 4.64. The van der Waals surface area contributed by atoms with Gasteiger partial charge in [-0.05, 0) is 42.7 Å². The summed E-state index contributed by atoms with van der Waals surface area (Å²) in [5.41, 5.74) is -1.35. The first-order valence-electron chi connectivity index (χ1n) is 7.35. The average Bonchev–Trinajstić information content (AvgIpc) is 2.33. The number of halogens is 2. The van der Waals surface area contributed by atoms with Crippen molar-refractivity contribution in [2.45, 2.75) is 59.0 Å². The maximum Gasteiger partial charge on any atom is 0.135 e. The van der Waals surface area contributed by atoms with Gasteiger partial charge in [0, 0.05) is 0 Å². The molecule has 0 amide bonds. The van der Waals surface area contributed by atoms with Crippen molar-refractivity contribution < 1.29 is 13.9 Å². The topological polar surface area (TPSA) is 20.2 Å². The highest BCUT2D eigenvalue weighted by Crippen LogP contribution is 2.51. The van der Waals surface area contributed by atoms with Crippen molar-refractivity contribution in [1.82, 2.24) is 0 Å². The zero-order valence-electron chi connectivity index (χ0n) is 12.8. The first-order chi connectivity index (χ1) is 9.18. The minimum atomic E-state index is -1.41. The molecular formula is C17H24F2O. The van der Waals surface area contributed by atoms with Crippen LogP contribution in [-0.4, -0.2) is 5.11 Å². The fourth-order valence-electron chi connectivity index (χ4n) is 3.66. The smallest absolute Gasteiger partial charge is 0.135 e. The van der Waals surface area contributed by atoms with Gasteiger partial charge in [0.2, 0.25) is 0 Å². The quantitative estimate of drug-likeness (QED) is 0.791. The SMILES string of the molecule is Cc1ccc(F)c(C2(O)CCCCC2C(C)(C)C)c1F. The third kappa shape index (κ3) is 2.48. The zero-order valence-corrected chi connectivity index (χ0v) is 12.8. The molecule has 0 aromatic heterocycles. The fourth-order valence-corrected chi connectivity index (χ4v) is 3.66. The summed E-state index contributed by atoms with van der Waals surface area (Å²) in [6.07, 6.45) is 3.02. The number of hydrogen-bond donors (Lipinski definition) is 1. The van der Waals surface area contributed by atoms with Gasteiger partial charge in [0.15, 0.2) is 0 Å². The number of benzene rings is 1. The van der Waals surface area contributed by atoms with Crippen LogP contribution in [0.5, 0.6) is 0 Å². The summed E-state index contributed by atoms with van der Waals surface area (Å²) in [6.45, 7) is 7.69. The zero-order chi connectivity index (χ0) is 15.1. The Morgan fingerprint density at radius 3 is 2.45 bits per heavy atom. The van der Waals surface area contributed by atoms with Crippen LogP contribution in [0.3, 0.4) is 0 Å². The molecule has 1 nitrogen and oxygen atoms in total. The second kappa shape index (κ2) is 5.10. The maximum atomic E-state index is 14.5. The van der Waals surface area contributed by atoms with Gasteiger partial charge in [-0.1, -0.05) is 39.7 Å². The average molecular weight is 282 g/mol. The van der Waals surface area contributed by atoms with Crippen molar-refractivity contribution in [2.75, 3.05) is 0 Å². The minimum Gasteiger partial charge on any atom is -0.385 e. The van der Waals surface area contributed by atoms with Crippen LogP contribution in [0.15, 0.2) is 12.1 Å². The van der Waals surface area contributed by atoms with Crippen LogP contribution in [0.4, 0.5) is 8.78 Å². The first kappa shape index (κ1) is 15.4. The molecule has 1 aromatic carbocycles. The Morgan fingerprint density at radius 1 is 1.20 bits per heavy atom. The number of hydrogen-bond acceptors (Lipinski definition) is 1. The molecule has 1 aliphatic rings. The predicted octanol–water partition coefficient (Wildman–Crippen LogP) is 4.70. The molecule has 1 saturated carbocycles. The van der Waals surface area contributed by atoms with Crippen LogP contribution in [-0.2, 0) is 5.60 Å². The Labute approximate surface area is 120 Å². The molecule has 0 radical (unpaired) electrons. The summed E-state index contributed by atoms with van der Waals surface area (Å²) in [4.78, 5) is 0. The summed E-state index contributed by atoms with van der Waals surface area (Å²) >= 11 is 0. The molecule has 1 N–H and O–H groups in total. The predicted molar refractivity (Wildman–Crippen MR) is 76.4 cm³/mol. The van der Waals surface area contributed by atoms with Gasteiger partial charge >= 0.3 is 0 Å². The summed E-state index contributed by atoms with van der Waals surface area (Å²) in [5.74, 6) is -1.37. The number of rotatable bonds is 1. The van der Waals surface area contributed by atoms with Gasteiger partial charge in [-0.2, -0.15) is 0 Å². The van der Waals surface area contributed by atoms with E-state index in [2.05, 4.69) is 0 Å². The molecule has 20 heavy (non-hydrogen) atoms. The first-order valence-corrected chi connectivity index (χ1v) is 7.35. The summed E-state index contributed by atoms with van der Waals surface area (Å²) in [6, 6.07) is 2.69. The van der Waals surface area contributed by atoms with Crippen LogP contribution in [0, 0.1) is 29.9 Å². The van der Waals surface area contributed by atoms with E-state index >= 15 is 0 Å². The monoisotopic (exact) mass is 282 g/mol. The van der Waals surface area contributed by atoms with Gasteiger partial charge in [0.1, 0.15) is 11.6 Å². The Bertz CT molecular complexity index is 504. The fraction of sp³-hybridized carbons (Fsp3) is 0.647. The molecule has 2 atom stereocenters. The molecule has 2 rings (SSSR count). The van der Waals surface area contributed by atoms with E-state index in [0.717, 1.165) is 19.3 Å². The van der Waals surface area contributed by atoms with Crippen molar-refractivity contribution in [3.05, 3.63) is 34.9 Å². The van der Waals surface area contributed by atoms with E-state index in [1.807, 2.05) is 20.8 Å². The number of aliphatic hydroxyl groups is 1. The largest absolute Gasteiger partial charge is 0.385 e. The van der Waals surface area contributed by atoms with Crippen LogP contribution < -0.4 is 0 Å². The van der Waals surface area contributed by atoms with E-state index in [9.17, 15) is 13.9 Å². The van der Waals surface area contributed by atoms with Crippen LogP contribution in [0.2, 0.25) is 0 Å². The second-order valence-corrected chi connectivity index (χ2v) is 7.14. The Balaban J connectivity index is 2.60. The molecule has 0 heterocycles. The van der Waals surface area contributed by atoms with Crippen molar-refractivity contribution in [1.29, 1.82) is 0 Å². The molecule has 0 aliphatic heterocycles. The lowest BCUT2D eigenvalue weighted by Gasteiger charge is -2.47. The molecular weight excluding hydrogens is 258 g/mol. The summed E-state index contributed by atoms with van der Waals surface area (Å²) < 4.78 is 28.7. The van der Waals surface area contributed by atoms with E-state index in [-0.39, 0.29) is 16.9 Å². The van der Waals surface area contributed by atoms with Gasteiger partial charge in [-0.25, -0.2) is 8.78 Å². The summed E-state index contributed by atoms with van der Waals surface area (Å²) in [7, 11) is 0. The molecule has 3 heteroatoms.